The number of imidazole rings is 1. The van der Waals surface area contributed by atoms with Gasteiger partial charge >= 0.3 is 5.97 Å². The third-order valence-electron chi connectivity index (χ3n) is 2.48. The Kier molecular flexibility index (Phi) is 3.39. The van der Waals surface area contributed by atoms with Gasteiger partial charge in [0.05, 0.1) is 25.0 Å². The van der Waals surface area contributed by atoms with Crippen molar-refractivity contribution in [3.05, 3.63) is 35.8 Å². The Balaban J connectivity index is 2.31. The molecule has 2 aromatic heterocycles. The van der Waals surface area contributed by atoms with Gasteiger partial charge < -0.3 is 13.9 Å². The zero-order chi connectivity index (χ0) is 12.3. The van der Waals surface area contributed by atoms with Crippen LogP contribution in [-0.2, 0) is 15.9 Å². The first kappa shape index (κ1) is 11.6. The van der Waals surface area contributed by atoms with Crippen LogP contribution >= 0.6 is 0 Å². The summed E-state index contributed by atoms with van der Waals surface area (Å²) in [5.74, 6) is -0.348. The molecular weight excluding hydrogens is 220 g/mol. The molecular formula is C12H14N2O3. The Bertz CT molecular complexity index is 534. The second kappa shape index (κ2) is 4.97. The standard InChI is InChI=1S/C12H14N2O3/c1-16-6-5-10-8-14-7-9(12(15)17-2)3-4-11(14)13-10/h3-4,7-8H,5-6H2,1-2H3. The highest BCUT2D eigenvalue weighted by molar-refractivity contribution is 5.89. The summed E-state index contributed by atoms with van der Waals surface area (Å²) >= 11 is 0. The number of rotatable bonds is 4. The molecule has 0 saturated heterocycles. The normalized spacial score (nSPS) is 10.7. The molecule has 2 aromatic rings. The molecule has 5 nitrogen and oxygen atoms in total. The summed E-state index contributed by atoms with van der Waals surface area (Å²) in [5, 5.41) is 0. The fraction of sp³-hybridized carbons (Fsp3) is 0.333. The number of ether oxygens (including phenoxy) is 2. The molecule has 0 spiro atoms. The molecule has 0 aromatic carbocycles. The van der Waals surface area contributed by atoms with E-state index in [4.69, 9.17) is 4.74 Å². The summed E-state index contributed by atoms with van der Waals surface area (Å²) in [4.78, 5) is 15.8. The van der Waals surface area contributed by atoms with E-state index >= 15 is 0 Å². The number of carbonyl (C=O) groups excluding carboxylic acids is 1. The summed E-state index contributed by atoms with van der Waals surface area (Å²) < 4.78 is 11.5. The number of hydrogen-bond donors (Lipinski definition) is 0. The number of pyridine rings is 1. The van der Waals surface area contributed by atoms with Gasteiger partial charge in [-0.25, -0.2) is 9.78 Å². The Morgan fingerprint density at radius 1 is 1.35 bits per heavy atom. The van der Waals surface area contributed by atoms with Gasteiger partial charge in [0.1, 0.15) is 5.65 Å². The molecule has 2 heterocycles. The van der Waals surface area contributed by atoms with Crippen LogP contribution < -0.4 is 0 Å². The number of esters is 1. The maximum Gasteiger partial charge on any atom is 0.339 e. The molecule has 90 valence electrons. The average molecular weight is 234 g/mol. The molecule has 0 saturated carbocycles. The minimum Gasteiger partial charge on any atom is -0.465 e. The molecule has 0 unspecified atom stereocenters. The maximum absolute atomic E-state index is 11.4. The molecule has 2 rings (SSSR count). The molecule has 0 N–H and O–H groups in total. The monoisotopic (exact) mass is 234 g/mol. The Morgan fingerprint density at radius 2 is 2.18 bits per heavy atom. The SMILES string of the molecule is COCCc1cn2cc(C(=O)OC)ccc2n1. The predicted octanol–water partition coefficient (Wildman–Crippen LogP) is 1.31. The number of methoxy groups -OCH3 is 2. The minimum atomic E-state index is -0.348. The number of nitrogens with zero attached hydrogens (tertiary/aromatic N) is 2. The van der Waals surface area contributed by atoms with Crippen molar-refractivity contribution < 1.29 is 14.3 Å². The number of hydrogen-bond acceptors (Lipinski definition) is 4. The van der Waals surface area contributed by atoms with Crippen LogP contribution in [0.4, 0.5) is 0 Å². The highest BCUT2D eigenvalue weighted by Crippen LogP contribution is 2.09. The van der Waals surface area contributed by atoms with Crippen LogP contribution in [-0.4, -0.2) is 36.2 Å². The van der Waals surface area contributed by atoms with E-state index in [1.165, 1.54) is 7.11 Å². The first-order valence-electron chi connectivity index (χ1n) is 5.29. The van der Waals surface area contributed by atoms with Gasteiger partial charge in [-0.2, -0.15) is 0 Å². The molecule has 0 amide bonds. The molecule has 0 aliphatic rings. The molecule has 0 aliphatic heterocycles. The smallest absolute Gasteiger partial charge is 0.339 e. The third-order valence-corrected chi connectivity index (χ3v) is 2.48. The fourth-order valence-electron chi connectivity index (χ4n) is 1.61. The largest absolute Gasteiger partial charge is 0.465 e. The van der Waals surface area contributed by atoms with Crippen molar-refractivity contribution in [1.82, 2.24) is 9.38 Å². The second-order valence-corrected chi connectivity index (χ2v) is 3.65. The van der Waals surface area contributed by atoms with E-state index in [1.807, 2.05) is 10.6 Å². The zero-order valence-electron chi connectivity index (χ0n) is 9.84. The van der Waals surface area contributed by atoms with Crippen molar-refractivity contribution in [2.24, 2.45) is 0 Å². The number of fused-ring (bicyclic) bond motifs is 1. The van der Waals surface area contributed by atoms with Crippen molar-refractivity contribution in [3.63, 3.8) is 0 Å². The average Bonchev–Trinajstić information content (AvgIpc) is 2.76. The highest BCUT2D eigenvalue weighted by Gasteiger charge is 2.07. The van der Waals surface area contributed by atoms with Crippen LogP contribution in [0.25, 0.3) is 5.65 Å². The van der Waals surface area contributed by atoms with Crippen molar-refractivity contribution in [2.45, 2.75) is 6.42 Å². The zero-order valence-corrected chi connectivity index (χ0v) is 9.84. The molecule has 0 radical (unpaired) electrons. The molecule has 5 heteroatoms. The highest BCUT2D eigenvalue weighted by atomic mass is 16.5. The summed E-state index contributed by atoms with van der Waals surface area (Å²) in [6, 6.07) is 3.50. The van der Waals surface area contributed by atoms with Crippen LogP contribution in [0.3, 0.4) is 0 Å². The van der Waals surface area contributed by atoms with E-state index in [2.05, 4.69) is 9.72 Å². The van der Waals surface area contributed by atoms with E-state index in [1.54, 1.807) is 25.4 Å². The van der Waals surface area contributed by atoms with E-state index in [-0.39, 0.29) is 5.97 Å². The lowest BCUT2D eigenvalue weighted by atomic mass is 10.3. The number of aromatic nitrogens is 2. The van der Waals surface area contributed by atoms with Crippen LogP contribution in [0.1, 0.15) is 16.1 Å². The van der Waals surface area contributed by atoms with Gasteiger partial charge in [-0.3, -0.25) is 0 Å². The predicted molar refractivity (Wildman–Crippen MR) is 62.1 cm³/mol. The minimum absolute atomic E-state index is 0.348. The van der Waals surface area contributed by atoms with Gasteiger partial charge in [0.15, 0.2) is 0 Å². The van der Waals surface area contributed by atoms with Crippen LogP contribution in [0, 0.1) is 0 Å². The Morgan fingerprint density at radius 3 is 2.88 bits per heavy atom. The van der Waals surface area contributed by atoms with Crippen molar-refractivity contribution in [3.8, 4) is 0 Å². The topological polar surface area (TPSA) is 52.8 Å². The van der Waals surface area contributed by atoms with Gasteiger partial charge in [0.2, 0.25) is 0 Å². The number of carbonyl (C=O) groups is 1. The first-order valence-corrected chi connectivity index (χ1v) is 5.29. The van der Waals surface area contributed by atoms with E-state index in [9.17, 15) is 4.79 Å². The Labute approximate surface area is 99.0 Å². The van der Waals surface area contributed by atoms with Crippen molar-refractivity contribution in [1.29, 1.82) is 0 Å². The van der Waals surface area contributed by atoms with Crippen molar-refractivity contribution in [2.75, 3.05) is 20.8 Å². The molecule has 0 aliphatic carbocycles. The summed E-state index contributed by atoms with van der Waals surface area (Å²) in [5.41, 5.74) is 2.26. The van der Waals surface area contributed by atoms with Crippen LogP contribution in [0.15, 0.2) is 24.5 Å². The lowest BCUT2D eigenvalue weighted by molar-refractivity contribution is 0.0600. The van der Waals surface area contributed by atoms with Crippen molar-refractivity contribution >= 4 is 11.6 Å². The van der Waals surface area contributed by atoms with Gasteiger partial charge in [-0.05, 0) is 12.1 Å². The molecule has 0 atom stereocenters. The van der Waals surface area contributed by atoms with E-state index < -0.39 is 0 Å². The summed E-state index contributed by atoms with van der Waals surface area (Å²) in [7, 11) is 3.02. The van der Waals surface area contributed by atoms with Gasteiger partial charge in [-0.1, -0.05) is 0 Å². The van der Waals surface area contributed by atoms with E-state index in [0.717, 1.165) is 17.8 Å². The van der Waals surface area contributed by atoms with Gasteiger partial charge in [0.25, 0.3) is 0 Å². The second-order valence-electron chi connectivity index (χ2n) is 3.65. The lowest BCUT2D eigenvalue weighted by Gasteiger charge is -1.99. The quantitative estimate of drug-likeness (QED) is 0.748. The van der Waals surface area contributed by atoms with Gasteiger partial charge in [-0.15, -0.1) is 0 Å². The van der Waals surface area contributed by atoms with Gasteiger partial charge in [0, 0.05) is 25.9 Å². The summed E-state index contributed by atoms with van der Waals surface area (Å²) in [6.45, 7) is 0.633. The third kappa shape index (κ3) is 2.45. The molecule has 0 bridgehead atoms. The van der Waals surface area contributed by atoms with Crippen LogP contribution in [0.2, 0.25) is 0 Å². The maximum atomic E-state index is 11.4. The lowest BCUT2D eigenvalue weighted by Crippen LogP contribution is -2.02. The molecule has 0 fully saturated rings. The first-order chi connectivity index (χ1) is 8.24. The summed E-state index contributed by atoms with van der Waals surface area (Å²) in [6.07, 6.45) is 4.36. The molecule has 17 heavy (non-hydrogen) atoms. The fourth-order valence-corrected chi connectivity index (χ4v) is 1.61. The van der Waals surface area contributed by atoms with E-state index in [0.29, 0.717) is 12.2 Å². The Hall–Kier alpha value is -1.88. The van der Waals surface area contributed by atoms with Crippen LogP contribution in [0.5, 0.6) is 0 Å².